The van der Waals surface area contributed by atoms with Crippen molar-refractivity contribution in [2.75, 3.05) is 19.8 Å². The van der Waals surface area contributed by atoms with Crippen LogP contribution in [0.5, 0.6) is 11.5 Å². The van der Waals surface area contributed by atoms with Crippen LogP contribution in [0.25, 0.3) is 0 Å². The standard InChI is InChI=1S/C16H27NO2/c1-3-5-6-12-19-16-13-15(18-11-4-2)8-7-14(16)9-10-17/h7-8,13H,3-6,9-12,17H2,1-2H3. The van der Waals surface area contributed by atoms with Crippen LogP contribution < -0.4 is 15.2 Å². The molecule has 0 aliphatic heterocycles. The van der Waals surface area contributed by atoms with Gasteiger partial charge in [0.1, 0.15) is 11.5 Å². The van der Waals surface area contributed by atoms with Crippen LogP contribution in [-0.2, 0) is 6.42 Å². The van der Waals surface area contributed by atoms with Gasteiger partial charge in [0.15, 0.2) is 0 Å². The van der Waals surface area contributed by atoms with Crippen LogP contribution in [0.15, 0.2) is 18.2 Å². The molecule has 0 fully saturated rings. The molecule has 19 heavy (non-hydrogen) atoms. The molecule has 0 saturated heterocycles. The first-order chi connectivity index (χ1) is 9.31. The maximum atomic E-state index is 5.88. The molecule has 0 radical (unpaired) electrons. The normalized spacial score (nSPS) is 10.5. The fourth-order valence-electron chi connectivity index (χ4n) is 1.88. The average Bonchev–Trinajstić information content (AvgIpc) is 2.43. The summed E-state index contributed by atoms with van der Waals surface area (Å²) >= 11 is 0. The molecule has 3 nitrogen and oxygen atoms in total. The minimum Gasteiger partial charge on any atom is -0.493 e. The highest BCUT2D eigenvalue weighted by Gasteiger charge is 2.05. The summed E-state index contributed by atoms with van der Waals surface area (Å²) in [5, 5.41) is 0. The molecule has 0 bridgehead atoms. The molecule has 1 rings (SSSR count). The van der Waals surface area contributed by atoms with E-state index in [0.29, 0.717) is 6.54 Å². The van der Waals surface area contributed by atoms with Crippen molar-refractivity contribution >= 4 is 0 Å². The van der Waals surface area contributed by atoms with E-state index in [1.54, 1.807) is 0 Å². The second-order valence-corrected chi connectivity index (χ2v) is 4.71. The number of hydrogen-bond acceptors (Lipinski definition) is 3. The zero-order valence-corrected chi connectivity index (χ0v) is 12.3. The maximum absolute atomic E-state index is 5.88. The third-order valence-corrected chi connectivity index (χ3v) is 2.93. The maximum Gasteiger partial charge on any atom is 0.126 e. The Labute approximate surface area is 117 Å². The Kier molecular flexibility index (Phi) is 8.07. The van der Waals surface area contributed by atoms with Crippen molar-refractivity contribution in [3.8, 4) is 11.5 Å². The van der Waals surface area contributed by atoms with Crippen LogP contribution in [0.3, 0.4) is 0 Å². The zero-order valence-electron chi connectivity index (χ0n) is 12.3. The first-order valence-electron chi connectivity index (χ1n) is 7.40. The van der Waals surface area contributed by atoms with Crippen LogP contribution in [0.1, 0.15) is 45.1 Å². The second kappa shape index (κ2) is 9.68. The Hall–Kier alpha value is -1.22. The van der Waals surface area contributed by atoms with E-state index < -0.39 is 0 Å². The molecule has 0 aliphatic carbocycles. The molecule has 0 atom stereocenters. The van der Waals surface area contributed by atoms with Crippen molar-refractivity contribution < 1.29 is 9.47 Å². The minimum atomic E-state index is 0.639. The molecular weight excluding hydrogens is 238 g/mol. The number of nitrogens with two attached hydrogens (primary N) is 1. The summed E-state index contributed by atoms with van der Waals surface area (Å²) in [5.74, 6) is 1.81. The molecule has 0 spiro atoms. The largest absolute Gasteiger partial charge is 0.493 e. The van der Waals surface area contributed by atoms with Gasteiger partial charge in [0.05, 0.1) is 13.2 Å². The Balaban J connectivity index is 2.65. The monoisotopic (exact) mass is 265 g/mol. The quantitative estimate of drug-likeness (QED) is 0.658. The van der Waals surface area contributed by atoms with Gasteiger partial charge in [-0.25, -0.2) is 0 Å². The Morgan fingerprint density at radius 2 is 1.84 bits per heavy atom. The molecule has 0 heterocycles. The molecular formula is C16H27NO2. The summed E-state index contributed by atoms with van der Waals surface area (Å²) < 4.78 is 11.5. The fourth-order valence-corrected chi connectivity index (χ4v) is 1.88. The highest BCUT2D eigenvalue weighted by molar-refractivity contribution is 5.41. The minimum absolute atomic E-state index is 0.639. The summed E-state index contributed by atoms with van der Waals surface area (Å²) in [6, 6.07) is 6.05. The molecule has 2 N–H and O–H groups in total. The van der Waals surface area contributed by atoms with Crippen LogP contribution in [0.4, 0.5) is 0 Å². The summed E-state index contributed by atoms with van der Waals surface area (Å²) in [5.41, 5.74) is 6.81. The highest BCUT2D eigenvalue weighted by Crippen LogP contribution is 2.25. The van der Waals surface area contributed by atoms with Crippen molar-refractivity contribution in [2.24, 2.45) is 5.73 Å². The van der Waals surface area contributed by atoms with E-state index in [0.717, 1.165) is 44.0 Å². The number of hydrogen-bond donors (Lipinski definition) is 1. The lowest BCUT2D eigenvalue weighted by Gasteiger charge is -2.13. The average molecular weight is 265 g/mol. The Morgan fingerprint density at radius 1 is 1.00 bits per heavy atom. The summed E-state index contributed by atoms with van der Waals surface area (Å²) in [6.07, 6.45) is 5.37. The van der Waals surface area contributed by atoms with Crippen LogP contribution in [-0.4, -0.2) is 19.8 Å². The molecule has 0 amide bonds. The van der Waals surface area contributed by atoms with Gasteiger partial charge in [-0.3, -0.25) is 0 Å². The van der Waals surface area contributed by atoms with E-state index in [9.17, 15) is 0 Å². The van der Waals surface area contributed by atoms with Gasteiger partial charge in [-0.05, 0) is 37.4 Å². The van der Waals surface area contributed by atoms with Gasteiger partial charge in [0, 0.05) is 6.07 Å². The Bertz CT molecular complexity index is 353. The second-order valence-electron chi connectivity index (χ2n) is 4.71. The molecule has 1 aromatic rings. The third-order valence-electron chi connectivity index (χ3n) is 2.93. The van der Waals surface area contributed by atoms with E-state index in [1.165, 1.54) is 18.4 Å². The van der Waals surface area contributed by atoms with Gasteiger partial charge in [0.25, 0.3) is 0 Å². The molecule has 1 aromatic carbocycles. The van der Waals surface area contributed by atoms with Gasteiger partial charge < -0.3 is 15.2 Å². The first kappa shape index (κ1) is 15.8. The molecule has 0 unspecified atom stereocenters. The van der Waals surface area contributed by atoms with Gasteiger partial charge >= 0.3 is 0 Å². The van der Waals surface area contributed by atoms with Crippen LogP contribution in [0.2, 0.25) is 0 Å². The van der Waals surface area contributed by atoms with Crippen LogP contribution >= 0.6 is 0 Å². The predicted molar refractivity (Wildman–Crippen MR) is 80.0 cm³/mol. The predicted octanol–water partition coefficient (Wildman–Crippen LogP) is 3.55. The van der Waals surface area contributed by atoms with Gasteiger partial charge in [-0.1, -0.05) is 32.8 Å². The number of rotatable bonds is 10. The molecule has 0 aliphatic rings. The van der Waals surface area contributed by atoms with Gasteiger partial charge in [-0.15, -0.1) is 0 Å². The van der Waals surface area contributed by atoms with Crippen LogP contribution in [0, 0.1) is 0 Å². The lowest BCUT2D eigenvalue weighted by Crippen LogP contribution is -2.06. The van der Waals surface area contributed by atoms with Crippen molar-refractivity contribution in [1.82, 2.24) is 0 Å². The van der Waals surface area contributed by atoms with E-state index in [-0.39, 0.29) is 0 Å². The Morgan fingerprint density at radius 3 is 2.53 bits per heavy atom. The molecule has 3 heteroatoms. The van der Waals surface area contributed by atoms with Gasteiger partial charge in [-0.2, -0.15) is 0 Å². The van der Waals surface area contributed by atoms with Crippen molar-refractivity contribution in [3.05, 3.63) is 23.8 Å². The third kappa shape index (κ3) is 5.97. The smallest absolute Gasteiger partial charge is 0.126 e. The van der Waals surface area contributed by atoms with E-state index in [1.807, 2.05) is 12.1 Å². The highest BCUT2D eigenvalue weighted by atomic mass is 16.5. The van der Waals surface area contributed by atoms with Crippen molar-refractivity contribution in [2.45, 2.75) is 46.0 Å². The van der Waals surface area contributed by atoms with Gasteiger partial charge in [0.2, 0.25) is 0 Å². The number of unbranched alkanes of at least 4 members (excludes halogenated alkanes) is 2. The fraction of sp³-hybridized carbons (Fsp3) is 0.625. The number of ether oxygens (including phenoxy) is 2. The summed E-state index contributed by atoms with van der Waals surface area (Å²) in [6.45, 7) is 6.44. The first-order valence-corrected chi connectivity index (χ1v) is 7.40. The topological polar surface area (TPSA) is 44.5 Å². The zero-order chi connectivity index (χ0) is 13.9. The molecule has 0 aromatic heterocycles. The summed E-state index contributed by atoms with van der Waals surface area (Å²) in [4.78, 5) is 0. The molecule has 0 saturated carbocycles. The van der Waals surface area contributed by atoms with E-state index >= 15 is 0 Å². The lowest BCUT2D eigenvalue weighted by atomic mass is 10.1. The SMILES string of the molecule is CCCCCOc1cc(OCCC)ccc1CCN. The molecule has 108 valence electrons. The van der Waals surface area contributed by atoms with E-state index in [2.05, 4.69) is 19.9 Å². The van der Waals surface area contributed by atoms with Crippen molar-refractivity contribution in [1.29, 1.82) is 0 Å². The summed E-state index contributed by atoms with van der Waals surface area (Å²) in [7, 11) is 0. The lowest BCUT2D eigenvalue weighted by molar-refractivity contribution is 0.293. The van der Waals surface area contributed by atoms with Crippen molar-refractivity contribution in [3.63, 3.8) is 0 Å². The van der Waals surface area contributed by atoms with E-state index in [4.69, 9.17) is 15.2 Å². The number of benzene rings is 1.